The van der Waals surface area contributed by atoms with Gasteiger partial charge in [-0.3, -0.25) is 9.78 Å². The first-order valence-electron chi connectivity index (χ1n) is 8.06. The molecule has 0 aliphatic carbocycles. The molecule has 0 aliphatic heterocycles. The Morgan fingerprint density at radius 1 is 1.08 bits per heavy atom. The summed E-state index contributed by atoms with van der Waals surface area (Å²) < 4.78 is 0. The summed E-state index contributed by atoms with van der Waals surface area (Å²) in [4.78, 5) is 16.6. The van der Waals surface area contributed by atoms with Gasteiger partial charge in [0.25, 0.3) is 0 Å². The third-order valence-corrected chi connectivity index (χ3v) is 3.90. The van der Waals surface area contributed by atoms with Crippen LogP contribution in [0.2, 0.25) is 0 Å². The molecule has 24 heavy (non-hydrogen) atoms. The molecule has 0 saturated carbocycles. The summed E-state index contributed by atoms with van der Waals surface area (Å²) in [6.07, 6.45) is 5.11. The second-order valence-corrected chi connectivity index (χ2v) is 6.03. The van der Waals surface area contributed by atoms with Crippen molar-refractivity contribution < 1.29 is 4.79 Å². The summed E-state index contributed by atoms with van der Waals surface area (Å²) in [5.74, 6) is 0.281. The van der Waals surface area contributed by atoms with Crippen molar-refractivity contribution >= 4 is 28.6 Å². The average molecular weight is 316 g/mol. The molecule has 0 aliphatic rings. The van der Waals surface area contributed by atoms with Crippen LogP contribution in [0.15, 0.2) is 66.9 Å². The highest BCUT2D eigenvalue weighted by Gasteiger charge is 2.03. The summed E-state index contributed by atoms with van der Waals surface area (Å²) in [5.41, 5.74) is 3.84. The summed E-state index contributed by atoms with van der Waals surface area (Å²) in [7, 11) is 0. The minimum atomic E-state index is -0.149. The highest BCUT2D eigenvalue weighted by molar-refractivity contribution is 6.03. The zero-order valence-corrected chi connectivity index (χ0v) is 13.9. The van der Waals surface area contributed by atoms with Crippen LogP contribution in [0.3, 0.4) is 0 Å². The second kappa shape index (κ2) is 7.09. The number of carbonyl (C=O) groups excluding carboxylic acids is 1. The quantitative estimate of drug-likeness (QED) is 0.687. The molecule has 1 heterocycles. The Bertz CT molecular complexity index is 892. The molecule has 1 aromatic heterocycles. The van der Waals surface area contributed by atoms with Crippen LogP contribution in [-0.4, -0.2) is 10.9 Å². The van der Waals surface area contributed by atoms with Crippen LogP contribution < -0.4 is 5.32 Å². The van der Waals surface area contributed by atoms with Gasteiger partial charge in [0.05, 0.1) is 5.52 Å². The van der Waals surface area contributed by atoms with Crippen LogP contribution in [-0.2, 0) is 4.79 Å². The number of hydrogen-bond acceptors (Lipinski definition) is 2. The maximum Gasteiger partial charge on any atom is 0.248 e. The van der Waals surface area contributed by atoms with E-state index in [0.29, 0.717) is 5.92 Å². The van der Waals surface area contributed by atoms with Crippen LogP contribution in [0.1, 0.15) is 30.9 Å². The molecule has 1 amide bonds. The molecule has 1 N–H and O–H groups in total. The molecule has 0 fully saturated rings. The topological polar surface area (TPSA) is 42.0 Å². The molecule has 0 spiro atoms. The number of anilines is 1. The van der Waals surface area contributed by atoms with Gasteiger partial charge in [-0.1, -0.05) is 50.2 Å². The predicted octanol–water partition coefficient (Wildman–Crippen LogP) is 5.01. The van der Waals surface area contributed by atoms with Gasteiger partial charge in [0.2, 0.25) is 5.91 Å². The first kappa shape index (κ1) is 15.9. The molecular formula is C21H20N2O. The fourth-order valence-corrected chi connectivity index (χ4v) is 2.59. The van der Waals surface area contributed by atoms with Crippen molar-refractivity contribution in [2.24, 2.45) is 0 Å². The van der Waals surface area contributed by atoms with Gasteiger partial charge >= 0.3 is 0 Å². The molecule has 2 aromatic carbocycles. The fourth-order valence-electron chi connectivity index (χ4n) is 2.59. The molecule has 0 saturated heterocycles. The van der Waals surface area contributed by atoms with E-state index in [9.17, 15) is 4.79 Å². The van der Waals surface area contributed by atoms with Crippen molar-refractivity contribution in [3.63, 3.8) is 0 Å². The number of nitrogens with zero attached hydrogens (tertiary/aromatic N) is 1. The third-order valence-electron chi connectivity index (χ3n) is 3.90. The largest absolute Gasteiger partial charge is 0.323 e. The zero-order chi connectivity index (χ0) is 16.9. The van der Waals surface area contributed by atoms with E-state index in [-0.39, 0.29) is 5.91 Å². The molecule has 3 rings (SSSR count). The van der Waals surface area contributed by atoms with E-state index < -0.39 is 0 Å². The minimum Gasteiger partial charge on any atom is -0.323 e. The van der Waals surface area contributed by atoms with Crippen LogP contribution in [0.25, 0.3) is 17.0 Å². The number of para-hydroxylation sites is 1. The Morgan fingerprint density at radius 2 is 1.88 bits per heavy atom. The lowest BCUT2D eigenvalue weighted by molar-refractivity contribution is -0.111. The number of amides is 1. The Kier molecular flexibility index (Phi) is 4.71. The lowest BCUT2D eigenvalue weighted by Gasteiger charge is -2.08. The van der Waals surface area contributed by atoms with Crippen LogP contribution in [0, 0.1) is 0 Å². The van der Waals surface area contributed by atoms with E-state index >= 15 is 0 Å². The van der Waals surface area contributed by atoms with Crippen LogP contribution in [0.5, 0.6) is 0 Å². The highest BCUT2D eigenvalue weighted by Crippen LogP contribution is 2.19. The number of aromatic nitrogens is 1. The number of rotatable bonds is 4. The molecule has 0 bridgehead atoms. The summed E-state index contributed by atoms with van der Waals surface area (Å²) in [6.45, 7) is 4.27. The second-order valence-electron chi connectivity index (χ2n) is 6.03. The standard InChI is InChI=1S/C21H20N2O/c1-15(2)18-8-4-10-19(14-18)23-20(24)12-11-17-7-3-6-16-9-5-13-22-21(16)17/h3-15H,1-2H3,(H,23,24)/b12-11+. The van der Waals surface area contributed by atoms with E-state index in [1.165, 1.54) is 5.56 Å². The summed E-state index contributed by atoms with van der Waals surface area (Å²) >= 11 is 0. The third kappa shape index (κ3) is 3.69. The van der Waals surface area contributed by atoms with E-state index in [1.807, 2.05) is 48.5 Å². The van der Waals surface area contributed by atoms with Crippen molar-refractivity contribution in [3.8, 4) is 0 Å². The number of carbonyl (C=O) groups is 1. The summed E-state index contributed by atoms with van der Waals surface area (Å²) in [6, 6.07) is 17.8. The normalized spacial score (nSPS) is 11.3. The van der Waals surface area contributed by atoms with Gasteiger partial charge in [-0.05, 0) is 35.8 Å². The van der Waals surface area contributed by atoms with Crippen molar-refractivity contribution in [2.45, 2.75) is 19.8 Å². The summed E-state index contributed by atoms with van der Waals surface area (Å²) in [5, 5.41) is 3.97. The van der Waals surface area contributed by atoms with Crippen molar-refractivity contribution in [2.75, 3.05) is 5.32 Å². The SMILES string of the molecule is CC(C)c1cccc(NC(=O)/C=C/c2cccc3cccnc23)c1. The van der Waals surface area contributed by atoms with Gasteiger partial charge in [0.1, 0.15) is 0 Å². The van der Waals surface area contributed by atoms with Gasteiger partial charge < -0.3 is 5.32 Å². The number of pyridine rings is 1. The molecule has 0 atom stereocenters. The maximum absolute atomic E-state index is 12.2. The van der Waals surface area contributed by atoms with Gasteiger partial charge in [0, 0.05) is 28.9 Å². The molecular weight excluding hydrogens is 296 g/mol. The van der Waals surface area contributed by atoms with Crippen LogP contribution in [0.4, 0.5) is 5.69 Å². The first-order valence-corrected chi connectivity index (χ1v) is 8.06. The fraction of sp³-hybridized carbons (Fsp3) is 0.143. The van der Waals surface area contributed by atoms with Gasteiger partial charge in [-0.25, -0.2) is 0 Å². The first-order chi connectivity index (χ1) is 11.6. The molecule has 0 radical (unpaired) electrons. The van der Waals surface area contributed by atoms with Crippen molar-refractivity contribution in [3.05, 3.63) is 78.0 Å². The highest BCUT2D eigenvalue weighted by atomic mass is 16.1. The minimum absolute atomic E-state index is 0.149. The van der Waals surface area contributed by atoms with Gasteiger partial charge in [-0.15, -0.1) is 0 Å². The number of nitrogens with one attached hydrogen (secondary N) is 1. The Labute approximate surface area is 142 Å². The number of hydrogen-bond donors (Lipinski definition) is 1. The lowest BCUT2D eigenvalue weighted by Crippen LogP contribution is -2.08. The number of fused-ring (bicyclic) bond motifs is 1. The Hall–Kier alpha value is -2.94. The average Bonchev–Trinajstić information content (AvgIpc) is 2.60. The molecule has 3 heteroatoms. The van der Waals surface area contributed by atoms with E-state index in [1.54, 1.807) is 18.3 Å². The van der Waals surface area contributed by atoms with E-state index in [4.69, 9.17) is 0 Å². The molecule has 120 valence electrons. The molecule has 3 nitrogen and oxygen atoms in total. The van der Waals surface area contributed by atoms with E-state index in [2.05, 4.69) is 30.2 Å². The number of benzene rings is 2. The van der Waals surface area contributed by atoms with E-state index in [0.717, 1.165) is 22.2 Å². The Morgan fingerprint density at radius 3 is 2.71 bits per heavy atom. The van der Waals surface area contributed by atoms with Crippen molar-refractivity contribution in [1.82, 2.24) is 4.98 Å². The monoisotopic (exact) mass is 316 g/mol. The van der Waals surface area contributed by atoms with Crippen molar-refractivity contribution in [1.29, 1.82) is 0 Å². The lowest BCUT2D eigenvalue weighted by atomic mass is 10.0. The Balaban J connectivity index is 1.77. The van der Waals surface area contributed by atoms with Gasteiger partial charge in [-0.2, -0.15) is 0 Å². The maximum atomic E-state index is 12.2. The van der Waals surface area contributed by atoms with Gasteiger partial charge in [0.15, 0.2) is 0 Å². The molecule has 0 unspecified atom stereocenters. The van der Waals surface area contributed by atoms with Crippen LogP contribution >= 0.6 is 0 Å². The molecule has 3 aromatic rings. The smallest absolute Gasteiger partial charge is 0.248 e. The zero-order valence-electron chi connectivity index (χ0n) is 13.9. The predicted molar refractivity (Wildman–Crippen MR) is 99.9 cm³/mol.